The van der Waals surface area contributed by atoms with Gasteiger partial charge >= 0.3 is 0 Å². The summed E-state index contributed by atoms with van der Waals surface area (Å²) >= 11 is 5.02. The van der Waals surface area contributed by atoms with E-state index in [1.54, 1.807) is 0 Å². The van der Waals surface area contributed by atoms with Crippen LogP contribution in [0.15, 0.2) is 18.2 Å². The second kappa shape index (κ2) is 7.97. The van der Waals surface area contributed by atoms with E-state index >= 15 is 0 Å². The Morgan fingerprint density at radius 2 is 2.00 bits per heavy atom. The van der Waals surface area contributed by atoms with Crippen LogP contribution in [-0.4, -0.2) is 11.7 Å². The molecule has 18 heavy (non-hydrogen) atoms. The van der Waals surface area contributed by atoms with Gasteiger partial charge in [0.15, 0.2) is 5.11 Å². The van der Waals surface area contributed by atoms with Crippen molar-refractivity contribution in [1.82, 2.24) is 5.32 Å². The summed E-state index contributed by atoms with van der Waals surface area (Å²) in [4.78, 5) is 0. The number of thiocarbonyl (C=S) groups is 1. The predicted molar refractivity (Wildman–Crippen MR) is 74.7 cm³/mol. The zero-order chi connectivity index (χ0) is 13.4. The molecule has 100 valence electrons. The van der Waals surface area contributed by atoms with Gasteiger partial charge in [-0.3, -0.25) is 0 Å². The van der Waals surface area contributed by atoms with E-state index < -0.39 is 11.6 Å². The van der Waals surface area contributed by atoms with Gasteiger partial charge in [0, 0.05) is 12.6 Å². The molecule has 0 saturated heterocycles. The van der Waals surface area contributed by atoms with Crippen molar-refractivity contribution in [2.45, 2.75) is 32.6 Å². The lowest BCUT2D eigenvalue weighted by atomic mass is 10.2. The lowest BCUT2D eigenvalue weighted by Gasteiger charge is -2.11. The predicted octanol–water partition coefficient (Wildman–Crippen LogP) is 3.83. The average molecular weight is 272 g/mol. The monoisotopic (exact) mass is 272 g/mol. The summed E-state index contributed by atoms with van der Waals surface area (Å²) in [6, 6.07) is 3.34. The Labute approximate surface area is 112 Å². The molecule has 2 nitrogen and oxygen atoms in total. The van der Waals surface area contributed by atoms with Crippen LogP contribution in [0.3, 0.4) is 0 Å². The summed E-state index contributed by atoms with van der Waals surface area (Å²) in [5.74, 6) is -1.25. The Kier molecular flexibility index (Phi) is 6.57. The van der Waals surface area contributed by atoms with Crippen LogP contribution in [0, 0.1) is 11.6 Å². The molecule has 0 saturated carbocycles. The van der Waals surface area contributed by atoms with Crippen LogP contribution in [-0.2, 0) is 0 Å². The van der Waals surface area contributed by atoms with Gasteiger partial charge in [-0.25, -0.2) is 8.78 Å². The molecule has 0 unspecified atom stereocenters. The number of unbranched alkanes of at least 4 members (excludes halogenated alkanes) is 3. The molecule has 0 aromatic heterocycles. The summed E-state index contributed by atoms with van der Waals surface area (Å²) in [5.41, 5.74) is 0.183. The van der Waals surface area contributed by atoms with Crippen LogP contribution >= 0.6 is 12.2 Å². The van der Waals surface area contributed by atoms with E-state index in [4.69, 9.17) is 12.2 Å². The molecule has 0 spiro atoms. The molecular weight excluding hydrogens is 254 g/mol. The average Bonchev–Trinajstić information content (AvgIpc) is 2.32. The van der Waals surface area contributed by atoms with Gasteiger partial charge in [0.1, 0.15) is 11.6 Å². The van der Waals surface area contributed by atoms with Crippen LogP contribution in [0.25, 0.3) is 0 Å². The highest BCUT2D eigenvalue weighted by Crippen LogP contribution is 2.14. The molecule has 1 rings (SSSR count). The zero-order valence-corrected chi connectivity index (χ0v) is 11.2. The lowest BCUT2D eigenvalue weighted by molar-refractivity contribution is 0.586. The summed E-state index contributed by atoms with van der Waals surface area (Å²) in [6.45, 7) is 2.91. The Balaban J connectivity index is 2.31. The standard InChI is InChI=1S/C13H18F2N2S/c1-2-3-4-5-8-16-13(18)17-12-7-6-10(14)9-11(12)15/h6-7,9H,2-5,8H2,1H3,(H2,16,17,18). The van der Waals surface area contributed by atoms with Crippen molar-refractivity contribution in [3.8, 4) is 0 Å². The van der Waals surface area contributed by atoms with Gasteiger partial charge in [0.25, 0.3) is 0 Å². The maximum absolute atomic E-state index is 13.3. The Hall–Kier alpha value is -1.23. The van der Waals surface area contributed by atoms with E-state index in [-0.39, 0.29) is 5.69 Å². The molecule has 2 N–H and O–H groups in total. The highest BCUT2D eigenvalue weighted by molar-refractivity contribution is 7.80. The number of halogens is 2. The lowest BCUT2D eigenvalue weighted by Crippen LogP contribution is -2.29. The molecule has 1 aromatic carbocycles. The van der Waals surface area contributed by atoms with Crippen molar-refractivity contribution in [2.24, 2.45) is 0 Å². The minimum absolute atomic E-state index is 0.183. The van der Waals surface area contributed by atoms with Gasteiger partial charge in [0.2, 0.25) is 0 Å². The fourth-order valence-corrected chi connectivity index (χ4v) is 1.72. The smallest absolute Gasteiger partial charge is 0.170 e. The molecular formula is C13H18F2N2S. The SMILES string of the molecule is CCCCCCNC(=S)Nc1ccc(F)cc1F. The van der Waals surface area contributed by atoms with Gasteiger partial charge in [-0.05, 0) is 30.8 Å². The van der Waals surface area contributed by atoms with Gasteiger partial charge in [0.05, 0.1) is 5.69 Å². The van der Waals surface area contributed by atoms with Crippen LogP contribution in [0.4, 0.5) is 14.5 Å². The summed E-state index contributed by atoms with van der Waals surface area (Å²) < 4.78 is 26.0. The topological polar surface area (TPSA) is 24.1 Å². The van der Waals surface area contributed by atoms with Crippen molar-refractivity contribution >= 4 is 23.0 Å². The number of benzene rings is 1. The van der Waals surface area contributed by atoms with Crippen molar-refractivity contribution in [3.05, 3.63) is 29.8 Å². The molecule has 1 aromatic rings. The zero-order valence-electron chi connectivity index (χ0n) is 10.4. The summed E-state index contributed by atoms with van der Waals surface area (Å²) in [5, 5.41) is 6.06. The molecule has 0 bridgehead atoms. The molecule has 0 aliphatic heterocycles. The van der Waals surface area contributed by atoms with E-state index in [1.807, 2.05) is 0 Å². The number of hydrogen-bond donors (Lipinski definition) is 2. The van der Waals surface area contributed by atoms with E-state index in [0.29, 0.717) is 5.11 Å². The maximum atomic E-state index is 13.3. The molecule has 0 aliphatic rings. The fourth-order valence-electron chi connectivity index (χ4n) is 1.51. The first-order valence-electron chi connectivity index (χ1n) is 6.13. The largest absolute Gasteiger partial charge is 0.362 e. The molecule has 0 heterocycles. The van der Waals surface area contributed by atoms with E-state index in [2.05, 4.69) is 17.6 Å². The van der Waals surface area contributed by atoms with Gasteiger partial charge in [-0.2, -0.15) is 0 Å². The summed E-state index contributed by atoms with van der Waals surface area (Å²) in [6.07, 6.45) is 4.57. The Bertz CT molecular complexity index is 397. The molecule has 0 radical (unpaired) electrons. The van der Waals surface area contributed by atoms with Crippen LogP contribution in [0.5, 0.6) is 0 Å². The number of rotatable bonds is 6. The van der Waals surface area contributed by atoms with Crippen molar-refractivity contribution in [1.29, 1.82) is 0 Å². The molecule has 5 heteroatoms. The van der Waals surface area contributed by atoms with E-state index in [1.165, 1.54) is 25.0 Å². The highest BCUT2D eigenvalue weighted by Gasteiger charge is 2.04. The third kappa shape index (κ3) is 5.40. The first-order valence-corrected chi connectivity index (χ1v) is 6.54. The normalized spacial score (nSPS) is 10.2. The van der Waals surface area contributed by atoms with Crippen LogP contribution in [0.1, 0.15) is 32.6 Å². The number of nitrogens with one attached hydrogen (secondary N) is 2. The minimum atomic E-state index is -0.648. The van der Waals surface area contributed by atoms with Crippen molar-refractivity contribution < 1.29 is 8.78 Å². The van der Waals surface area contributed by atoms with Gasteiger partial charge < -0.3 is 10.6 Å². The molecule has 0 atom stereocenters. The van der Waals surface area contributed by atoms with E-state index in [9.17, 15) is 8.78 Å². The Morgan fingerprint density at radius 3 is 2.67 bits per heavy atom. The third-order valence-corrected chi connectivity index (χ3v) is 2.74. The molecule has 0 amide bonds. The third-order valence-electron chi connectivity index (χ3n) is 2.50. The minimum Gasteiger partial charge on any atom is -0.362 e. The highest BCUT2D eigenvalue weighted by atomic mass is 32.1. The van der Waals surface area contributed by atoms with Crippen molar-refractivity contribution in [2.75, 3.05) is 11.9 Å². The molecule has 0 aliphatic carbocycles. The Morgan fingerprint density at radius 1 is 1.22 bits per heavy atom. The maximum Gasteiger partial charge on any atom is 0.170 e. The van der Waals surface area contributed by atoms with Gasteiger partial charge in [-0.15, -0.1) is 0 Å². The second-order valence-corrected chi connectivity index (χ2v) is 4.47. The quantitative estimate of drug-likeness (QED) is 0.608. The van der Waals surface area contributed by atoms with Crippen LogP contribution < -0.4 is 10.6 Å². The number of hydrogen-bond acceptors (Lipinski definition) is 1. The van der Waals surface area contributed by atoms with E-state index in [0.717, 1.165) is 25.5 Å². The van der Waals surface area contributed by atoms with Crippen LogP contribution in [0.2, 0.25) is 0 Å². The van der Waals surface area contributed by atoms with Gasteiger partial charge in [-0.1, -0.05) is 26.2 Å². The first kappa shape index (κ1) is 14.8. The van der Waals surface area contributed by atoms with Crippen molar-refractivity contribution in [3.63, 3.8) is 0 Å². The molecule has 0 fully saturated rings. The number of anilines is 1. The second-order valence-electron chi connectivity index (χ2n) is 4.07. The first-order chi connectivity index (χ1) is 8.63. The fraction of sp³-hybridized carbons (Fsp3) is 0.462. The summed E-state index contributed by atoms with van der Waals surface area (Å²) in [7, 11) is 0.